The van der Waals surface area contributed by atoms with Gasteiger partial charge >= 0.3 is 0 Å². The zero-order chi connectivity index (χ0) is 47.4. The van der Waals surface area contributed by atoms with E-state index in [0.29, 0.717) is 28.4 Å². The van der Waals surface area contributed by atoms with Gasteiger partial charge in [0.2, 0.25) is 0 Å². The number of nitriles is 1. The van der Waals surface area contributed by atoms with E-state index in [4.69, 9.17) is 14.4 Å². The predicted octanol–water partition coefficient (Wildman–Crippen LogP) is 17.5. The molecule has 72 heavy (non-hydrogen) atoms. The molecule has 0 spiro atoms. The molecule has 0 aliphatic carbocycles. The van der Waals surface area contributed by atoms with Crippen molar-refractivity contribution in [3.63, 3.8) is 0 Å². The summed E-state index contributed by atoms with van der Waals surface area (Å²) in [6.07, 6.45) is 0. The zero-order valence-electron chi connectivity index (χ0n) is 38.4. The SMILES string of the molecule is N#Cc1c(-c2ccccc2)nc(-c2ccc(-n3c4ccc(-c5ccc6sc7ccccc7c6c5)cc4c4cc5c6ccccc6n(-c6ccccc6)c5cc43)c3c2oc2ccccc23)nc1-c1ccccc1. The summed E-state index contributed by atoms with van der Waals surface area (Å²) in [6, 6.07) is 81.5. The van der Waals surface area contributed by atoms with Gasteiger partial charge in [0.1, 0.15) is 22.8 Å². The van der Waals surface area contributed by atoms with Crippen molar-refractivity contribution in [1.29, 1.82) is 5.26 Å². The maximum atomic E-state index is 10.8. The summed E-state index contributed by atoms with van der Waals surface area (Å²) in [7, 11) is 0. The molecule has 0 saturated carbocycles. The third-order valence-electron chi connectivity index (χ3n) is 14.4. The summed E-state index contributed by atoms with van der Waals surface area (Å²) in [6.45, 7) is 0. The Morgan fingerprint density at radius 2 is 0.986 bits per heavy atom. The van der Waals surface area contributed by atoms with Gasteiger partial charge in [0.05, 0.1) is 50.1 Å². The maximum Gasteiger partial charge on any atom is 0.164 e. The lowest BCUT2D eigenvalue weighted by Gasteiger charge is -2.14. The molecule has 0 unspecified atom stereocenters. The minimum atomic E-state index is 0.418. The van der Waals surface area contributed by atoms with Gasteiger partial charge in [0, 0.05) is 63.9 Å². The van der Waals surface area contributed by atoms with Crippen LogP contribution in [-0.2, 0) is 0 Å². The topological polar surface area (TPSA) is 72.6 Å². The molecule has 7 heteroatoms. The Morgan fingerprint density at radius 1 is 0.417 bits per heavy atom. The van der Waals surface area contributed by atoms with Crippen molar-refractivity contribution in [2.75, 3.05) is 0 Å². The van der Waals surface area contributed by atoms with Gasteiger partial charge in [-0.1, -0.05) is 146 Å². The standard InChI is InChI=1S/C65H37N5OS/c66-38-52-62(39-16-4-1-5-17-39)67-65(68-63(52)40-18-6-2-7-19-40)47-30-32-55(61-46-24-11-14-26-58(46)71-64(47)61)70-54-31-28-41(42-29-33-60-51(35-42)45-23-12-15-27-59(45)72-60)34-48(54)50-36-49-44-22-10-13-25-53(44)69(56(49)37-57(50)70)43-20-8-3-9-21-43/h1-37H. The van der Waals surface area contributed by atoms with Crippen LogP contribution in [0, 0.1) is 11.3 Å². The summed E-state index contributed by atoms with van der Waals surface area (Å²) < 4.78 is 14.4. The van der Waals surface area contributed by atoms with E-state index in [-0.39, 0.29) is 0 Å². The molecule has 15 aromatic rings. The van der Waals surface area contributed by atoms with E-state index in [0.717, 1.165) is 82.8 Å². The maximum absolute atomic E-state index is 10.8. The lowest BCUT2D eigenvalue weighted by molar-refractivity contribution is 0.669. The predicted molar refractivity (Wildman–Crippen MR) is 297 cm³/mol. The molecular formula is C65H37N5OS. The third-order valence-corrected chi connectivity index (χ3v) is 15.5. The van der Waals surface area contributed by atoms with Crippen molar-refractivity contribution in [2.24, 2.45) is 0 Å². The lowest BCUT2D eigenvalue weighted by Crippen LogP contribution is -2.02. The first kappa shape index (κ1) is 40.3. The summed E-state index contributed by atoms with van der Waals surface area (Å²) in [5, 5.41) is 19.9. The van der Waals surface area contributed by atoms with Crippen LogP contribution in [0.2, 0.25) is 0 Å². The molecule has 15 rings (SSSR count). The Labute approximate surface area is 416 Å². The average molecular weight is 936 g/mol. The normalized spacial score (nSPS) is 11.9. The highest BCUT2D eigenvalue weighted by Crippen LogP contribution is 2.46. The number of thiophene rings is 1. The van der Waals surface area contributed by atoms with E-state index >= 15 is 0 Å². The smallest absolute Gasteiger partial charge is 0.164 e. The van der Waals surface area contributed by atoms with Gasteiger partial charge in [-0.15, -0.1) is 11.3 Å². The minimum absolute atomic E-state index is 0.418. The molecule has 0 saturated heterocycles. The van der Waals surface area contributed by atoms with Crippen LogP contribution in [0.3, 0.4) is 0 Å². The van der Waals surface area contributed by atoms with Crippen molar-refractivity contribution < 1.29 is 4.42 Å². The van der Waals surface area contributed by atoms with E-state index in [2.05, 4.69) is 167 Å². The molecule has 0 aliphatic rings. The van der Waals surface area contributed by atoms with Gasteiger partial charge in [-0.2, -0.15) is 5.26 Å². The quantitative estimate of drug-likeness (QED) is 0.166. The Bertz CT molecular complexity index is 4690. The van der Waals surface area contributed by atoms with E-state index in [1.165, 1.54) is 36.5 Å². The van der Waals surface area contributed by atoms with Crippen LogP contribution in [0.5, 0.6) is 0 Å². The summed E-state index contributed by atoms with van der Waals surface area (Å²) in [5.74, 6) is 0.471. The summed E-state index contributed by atoms with van der Waals surface area (Å²) >= 11 is 1.84. The van der Waals surface area contributed by atoms with E-state index in [9.17, 15) is 5.26 Å². The first-order valence-corrected chi connectivity index (χ1v) is 24.8. The number of furan rings is 1. The number of hydrogen-bond acceptors (Lipinski definition) is 5. The number of para-hydroxylation sites is 3. The van der Waals surface area contributed by atoms with E-state index < -0.39 is 0 Å². The highest BCUT2D eigenvalue weighted by atomic mass is 32.1. The van der Waals surface area contributed by atoms with Gasteiger partial charge < -0.3 is 13.6 Å². The van der Waals surface area contributed by atoms with Crippen molar-refractivity contribution in [2.45, 2.75) is 0 Å². The number of nitrogens with zero attached hydrogens (tertiary/aromatic N) is 5. The first-order valence-electron chi connectivity index (χ1n) is 24.0. The lowest BCUT2D eigenvalue weighted by atomic mass is 9.99. The molecule has 0 aliphatic heterocycles. The van der Waals surface area contributed by atoms with Crippen LogP contribution in [0.1, 0.15) is 5.56 Å². The van der Waals surface area contributed by atoms with Gasteiger partial charge in [-0.05, 0) is 90.0 Å². The van der Waals surface area contributed by atoms with Crippen LogP contribution in [0.25, 0.3) is 142 Å². The van der Waals surface area contributed by atoms with Crippen molar-refractivity contribution >= 4 is 97.1 Å². The molecule has 5 heterocycles. The van der Waals surface area contributed by atoms with E-state index in [1.54, 1.807) is 0 Å². The Morgan fingerprint density at radius 3 is 1.74 bits per heavy atom. The second-order valence-electron chi connectivity index (χ2n) is 18.3. The third kappa shape index (κ3) is 6.00. The fraction of sp³-hybridized carbons (Fsp3) is 0. The van der Waals surface area contributed by atoms with Crippen LogP contribution >= 0.6 is 11.3 Å². The van der Waals surface area contributed by atoms with Crippen LogP contribution in [0.4, 0.5) is 0 Å². The fourth-order valence-electron chi connectivity index (χ4n) is 11.2. The molecular weight excluding hydrogens is 899 g/mol. The first-order chi connectivity index (χ1) is 35.7. The molecule has 10 aromatic carbocycles. The van der Waals surface area contributed by atoms with Crippen LogP contribution < -0.4 is 0 Å². The van der Waals surface area contributed by atoms with Gasteiger partial charge in [0.25, 0.3) is 0 Å². The highest BCUT2D eigenvalue weighted by Gasteiger charge is 2.26. The Balaban J connectivity index is 1.04. The molecule has 334 valence electrons. The van der Waals surface area contributed by atoms with Gasteiger partial charge in [0.15, 0.2) is 5.82 Å². The second-order valence-corrected chi connectivity index (χ2v) is 19.4. The van der Waals surface area contributed by atoms with Crippen molar-refractivity contribution in [3.05, 3.63) is 230 Å². The largest absolute Gasteiger partial charge is 0.455 e. The number of hydrogen-bond donors (Lipinski definition) is 0. The highest BCUT2D eigenvalue weighted by molar-refractivity contribution is 7.25. The van der Waals surface area contributed by atoms with Crippen molar-refractivity contribution in [3.8, 4) is 62.5 Å². The molecule has 5 aromatic heterocycles. The molecule has 0 atom stereocenters. The zero-order valence-corrected chi connectivity index (χ0v) is 39.2. The monoisotopic (exact) mass is 935 g/mol. The molecule has 0 radical (unpaired) electrons. The number of benzene rings is 10. The van der Waals surface area contributed by atoms with Crippen LogP contribution in [0.15, 0.2) is 229 Å². The molecule has 0 fully saturated rings. The Hall–Kier alpha value is -9.61. The molecule has 0 N–H and O–H groups in total. The van der Waals surface area contributed by atoms with Gasteiger partial charge in [-0.25, -0.2) is 9.97 Å². The number of fused-ring (bicyclic) bond motifs is 12. The molecule has 0 amide bonds. The molecule has 0 bridgehead atoms. The van der Waals surface area contributed by atoms with Crippen LogP contribution in [-0.4, -0.2) is 19.1 Å². The summed E-state index contributed by atoms with van der Waals surface area (Å²) in [4.78, 5) is 10.5. The molecule has 6 nitrogen and oxygen atoms in total. The Kier molecular flexibility index (Phi) is 8.79. The average Bonchev–Trinajstić information content (AvgIpc) is 4.20. The van der Waals surface area contributed by atoms with E-state index in [1.807, 2.05) is 84.1 Å². The number of aromatic nitrogens is 4. The number of rotatable bonds is 6. The van der Waals surface area contributed by atoms with Gasteiger partial charge in [-0.3, -0.25) is 0 Å². The minimum Gasteiger partial charge on any atom is -0.455 e. The van der Waals surface area contributed by atoms with Crippen molar-refractivity contribution in [1.82, 2.24) is 19.1 Å². The second kappa shape index (κ2) is 15.7. The fourth-order valence-corrected chi connectivity index (χ4v) is 12.2. The summed E-state index contributed by atoms with van der Waals surface area (Å²) in [5.41, 5.74) is 14.2.